The van der Waals surface area contributed by atoms with Crippen molar-refractivity contribution in [2.75, 3.05) is 20.2 Å². The topological polar surface area (TPSA) is 51.7 Å². The molecule has 0 bridgehead atoms. The lowest BCUT2D eigenvalue weighted by molar-refractivity contribution is 0.0198. The van der Waals surface area contributed by atoms with Crippen LogP contribution < -0.4 is 4.74 Å². The number of amides is 1. The number of piperidine rings is 1. The van der Waals surface area contributed by atoms with E-state index in [1.54, 1.807) is 7.11 Å². The summed E-state index contributed by atoms with van der Waals surface area (Å²) in [7, 11) is 1.68. The minimum Gasteiger partial charge on any atom is -0.481 e. The zero-order valence-electron chi connectivity index (χ0n) is 15.2. The molecule has 1 saturated carbocycles. The van der Waals surface area contributed by atoms with Crippen LogP contribution in [0.1, 0.15) is 69.4 Å². The smallest absolute Gasteiger partial charge is 0.410 e. The van der Waals surface area contributed by atoms with Gasteiger partial charge >= 0.3 is 6.09 Å². The summed E-state index contributed by atoms with van der Waals surface area (Å²) in [6.07, 6.45) is 6.21. The van der Waals surface area contributed by atoms with E-state index in [1.807, 2.05) is 31.9 Å². The number of hydrogen-bond acceptors (Lipinski definition) is 4. The summed E-state index contributed by atoms with van der Waals surface area (Å²) in [6.45, 7) is 7.18. The zero-order valence-corrected chi connectivity index (χ0v) is 15.2. The summed E-state index contributed by atoms with van der Waals surface area (Å²) in [5.41, 5.74) is 1.99. The molecule has 0 N–H and O–H groups in total. The molecule has 24 heavy (non-hydrogen) atoms. The normalized spacial score (nSPS) is 21.5. The number of carbonyl (C=O) groups excluding carboxylic acids is 1. The molecule has 0 spiro atoms. The number of carbonyl (C=O) groups is 1. The van der Waals surface area contributed by atoms with Gasteiger partial charge in [0.05, 0.1) is 7.11 Å². The van der Waals surface area contributed by atoms with Gasteiger partial charge in [-0.2, -0.15) is 0 Å². The molecule has 1 aromatic heterocycles. The maximum atomic E-state index is 12.3. The van der Waals surface area contributed by atoms with E-state index in [0.29, 0.717) is 18.4 Å². The van der Waals surface area contributed by atoms with Crippen molar-refractivity contribution in [2.45, 2.75) is 63.9 Å². The predicted molar refractivity (Wildman–Crippen MR) is 92.5 cm³/mol. The van der Waals surface area contributed by atoms with Crippen molar-refractivity contribution < 1.29 is 14.3 Å². The molecule has 3 rings (SSSR count). The molecular weight excluding hydrogens is 304 g/mol. The predicted octanol–water partition coefficient (Wildman–Crippen LogP) is 4.08. The quantitative estimate of drug-likeness (QED) is 0.837. The van der Waals surface area contributed by atoms with E-state index in [0.717, 1.165) is 25.3 Å². The first-order chi connectivity index (χ1) is 11.4. The molecule has 0 radical (unpaired) electrons. The van der Waals surface area contributed by atoms with Crippen molar-refractivity contribution in [1.29, 1.82) is 0 Å². The van der Waals surface area contributed by atoms with E-state index in [2.05, 4.69) is 11.1 Å². The molecule has 2 heterocycles. The molecule has 0 unspecified atom stereocenters. The SMILES string of the molecule is COc1ncc([C@@H]2CCCN(C(=O)OC(C)(C)C)C2)cc1C1CC1. The number of ether oxygens (including phenoxy) is 2. The van der Waals surface area contributed by atoms with E-state index in [9.17, 15) is 4.79 Å². The van der Waals surface area contributed by atoms with Crippen molar-refractivity contribution in [2.24, 2.45) is 0 Å². The monoisotopic (exact) mass is 332 g/mol. The number of rotatable bonds is 3. The molecule has 1 atom stereocenters. The largest absolute Gasteiger partial charge is 0.481 e. The summed E-state index contributed by atoms with van der Waals surface area (Å²) in [5, 5.41) is 0. The average Bonchev–Trinajstić information content (AvgIpc) is 3.37. The van der Waals surface area contributed by atoms with Crippen molar-refractivity contribution in [1.82, 2.24) is 9.88 Å². The molecular formula is C19H28N2O3. The fourth-order valence-electron chi connectivity index (χ4n) is 3.31. The number of pyridine rings is 1. The van der Waals surface area contributed by atoms with Crippen LogP contribution in [-0.4, -0.2) is 41.8 Å². The fraction of sp³-hybridized carbons (Fsp3) is 0.684. The van der Waals surface area contributed by atoms with Gasteiger partial charge in [0, 0.05) is 30.8 Å². The molecule has 1 aromatic rings. The maximum Gasteiger partial charge on any atom is 0.410 e. The third-order valence-corrected chi connectivity index (χ3v) is 4.66. The molecule has 1 aliphatic carbocycles. The summed E-state index contributed by atoms with van der Waals surface area (Å²) >= 11 is 0. The van der Waals surface area contributed by atoms with Crippen molar-refractivity contribution in [3.8, 4) is 5.88 Å². The minimum atomic E-state index is -0.454. The Morgan fingerprint density at radius 3 is 2.62 bits per heavy atom. The van der Waals surface area contributed by atoms with Gasteiger partial charge in [0.1, 0.15) is 5.60 Å². The summed E-state index contributed by atoms with van der Waals surface area (Å²) in [6, 6.07) is 2.24. The summed E-state index contributed by atoms with van der Waals surface area (Å²) < 4.78 is 10.9. The third kappa shape index (κ3) is 4.00. The highest BCUT2D eigenvalue weighted by atomic mass is 16.6. The van der Waals surface area contributed by atoms with E-state index < -0.39 is 5.60 Å². The van der Waals surface area contributed by atoms with Crippen LogP contribution in [0.15, 0.2) is 12.3 Å². The molecule has 1 aliphatic heterocycles. The Kier molecular flexibility index (Phi) is 4.70. The Morgan fingerprint density at radius 2 is 2.00 bits per heavy atom. The minimum absolute atomic E-state index is 0.212. The van der Waals surface area contributed by atoms with Gasteiger partial charge in [0.25, 0.3) is 0 Å². The molecule has 5 nitrogen and oxygen atoms in total. The van der Waals surface area contributed by atoms with Crippen LogP contribution >= 0.6 is 0 Å². The highest BCUT2D eigenvalue weighted by molar-refractivity contribution is 5.68. The number of nitrogens with zero attached hydrogens (tertiary/aromatic N) is 2. The van der Waals surface area contributed by atoms with Gasteiger partial charge in [-0.1, -0.05) is 0 Å². The lowest BCUT2D eigenvalue weighted by atomic mass is 9.90. The first kappa shape index (κ1) is 17.1. The van der Waals surface area contributed by atoms with Gasteiger partial charge in [-0.3, -0.25) is 0 Å². The molecule has 1 saturated heterocycles. The van der Waals surface area contributed by atoms with E-state index >= 15 is 0 Å². The second kappa shape index (κ2) is 6.61. The van der Waals surface area contributed by atoms with Gasteiger partial charge in [-0.05, 0) is 64.0 Å². The molecule has 5 heteroatoms. The molecule has 2 aliphatic rings. The fourth-order valence-corrected chi connectivity index (χ4v) is 3.31. The van der Waals surface area contributed by atoms with Gasteiger partial charge < -0.3 is 14.4 Å². The van der Waals surface area contributed by atoms with Crippen LogP contribution in [0.5, 0.6) is 5.88 Å². The summed E-state index contributed by atoms with van der Waals surface area (Å²) in [5.74, 6) is 1.67. The van der Waals surface area contributed by atoms with Gasteiger partial charge in [0.15, 0.2) is 0 Å². The molecule has 1 amide bonds. The Hall–Kier alpha value is -1.78. The first-order valence-corrected chi connectivity index (χ1v) is 8.89. The number of likely N-dealkylation sites (tertiary alicyclic amines) is 1. The van der Waals surface area contributed by atoms with Crippen molar-refractivity contribution in [3.05, 3.63) is 23.4 Å². The first-order valence-electron chi connectivity index (χ1n) is 8.89. The van der Waals surface area contributed by atoms with Crippen molar-refractivity contribution in [3.63, 3.8) is 0 Å². The second-order valence-electron chi connectivity index (χ2n) is 7.91. The van der Waals surface area contributed by atoms with E-state index in [-0.39, 0.29) is 6.09 Å². The van der Waals surface area contributed by atoms with Crippen LogP contribution in [0, 0.1) is 0 Å². The van der Waals surface area contributed by atoms with E-state index in [4.69, 9.17) is 9.47 Å². The van der Waals surface area contributed by atoms with Gasteiger partial charge in [-0.15, -0.1) is 0 Å². The highest BCUT2D eigenvalue weighted by Crippen LogP contribution is 2.44. The zero-order chi connectivity index (χ0) is 17.3. The van der Waals surface area contributed by atoms with Crippen molar-refractivity contribution >= 4 is 6.09 Å². The molecule has 0 aromatic carbocycles. The average molecular weight is 332 g/mol. The third-order valence-electron chi connectivity index (χ3n) is 4.66. The van der Waals surface area contributed by atoms with Crippen LogP contribution in [0.4, 0.5) is 4.79 Å². The lowest BCUT2D eigenvalue weighted by Gasteiger charge is -2.34. The Bertz CT molecular complexity index is 605. The molecule has 132 valence electrons. The lowest BCUT2D eigenvalue weighted by Crippen LogP contribution is -2.42. The van der Waals surface area contributed by atoms with Crippen LogP contribution in [0.3, 0.4) is 0 Å². The Labute approximate surface area is 144 Å². The number of aromatic nitrogens is 1. The maximum absolute atomic E-state index is 12.3. The molecule has 2 fully saturated rings. The Balaban J connectivity index is 1.73. The van der Waals surface area contributed by atoms with E-state index in [1.165, 1.54) is 24.0 Å². The number of hydrogen-bond donors (Lipinski definition) is 0. The Morgan fingerprint density at radius 1 is 1.25 bits per heavy atom. The summed E-state index contributed by atoms with van der Waals surface area (Å²) in [4.78, 5) is 18.7. The standard InChI is InChI=1S/C19H28N2O3/c1-19(2,3)24-18(22)21-9-5-6-14(12-21)15-10-16(13-7-8-13)17(23-4)20-11-15/h10-11,13-14H,5-9,12H2,1-4H3/t14-/m1/s1. The van der Waals surface area contributed by atoms with Crippen LogP contribution in [0.2, 0.25) is 0 Å². The van der Waals surface area contributed by atoms with Crippen LogP contribution in [0.25, 0.3) is 0 Å². The number of methoxy groups -OCH3 is 1. The highest BCUT2D eigenvalue weighted by Gasteiger charge is 2.31. The second-order valence-corrected chi connectivity index (χ2v) is 7.91. The van der Waals surface area contributed by atoms with Crippen LogP contribution in [-0.2, 0) is 4.74 Å². The van der Waals surface area contributed by atoms with Gasteiger partial charge in [0.2, 0.25) is 5.88 Å². The van der Waals surface area contributed by atoms with Gasteiger partial charge in [-0.25, -0.2) is 9.78 Å².